The lowest BCUT2D eigenvalue weighted by Crippen LogP contribution is -2.31. The molecule has 0 unspecified atom stereocenters. The molecule has 0 bridgehead atoms. The van der Waals surface area contributed by atoms with Gasteiger partial charge in [0.2, 0.25) is 10.0 Å². The molecule has 0 rings (SSSR count). The monoisotopic (exact) mass is 193 g/mol. The first kappa shape index (κ1) is 11.6. The van der Waals surface area contributed by atoms with Crippen LogP contribution in [0.2, 0.25) is 0 Å². The van der Waals surface area contributed by atoms with Crippen LogP contribution < -0.4 is 0 Å². The Balaban J connectivity index is 4.26. The maximum Gasteiger partial charge on any atom is 0.216 e. The maximum absolute atomic E-state index is 11.2. The lowest BCUT2D eigenvalue weighted by Gasteiger charge is -2.15. The van der Waals surface area contributed by atoms with E-state index >= 15 is 0 Å². The third-order valence-corrected chi connectivity index (χ3v) is 3.09. The van der Waals surface area contributed by atoms with E-state index in [1.807, 2.05) is 0 Å². The summed E-state index contributed by atoms with van der Waals surface area (Å²) in [5, 5.41) is 8.46. The highest BCUT2D eigenvalue weighted by Gasteiger charge is 2.16. The quantitative estimate of drug-likeness (QED) is 0.616. The summed E-state index contributed by atoms with van der Waals surface area (Å²) in [6.07, 6.45) is 0. The summed E-state index contributed by atoms with van der Waals surface area (Å²) in [7, 11) is -1.81. The first-order chi connectivity index (χ1) is 5.40. The van der Waals surface area contributed by atoms with Gasteiger partial charge >= 0.3 is 0 Å². The number of likely N-dealkylation sites (N-methyl/N-ethyl adjacent to an activating group) is 1. The van der Waals surface area contributed by atoms with Crippen LogP contribution in [-0.4, -0.2) is 43.8 Å². The van der Waals surface area contributed by atoms with E-state index in [4.69, 9.17) is 5.11 Å². The minimum Gasteiger partial charge on any atom is -0.395 e. The van der Waals surface area contributed by atoms with E-state index in [1.165, 1.54) is 11.4 Å². The van der Waals surface area contributed by atoms with Crippen molar-refractivity contribution in [3.8, 4) is 0 Å². The topological polar surface area (TPSA) is 57.6 Å². The molecular formula is C7H15NO3S. The number of sulfonamides is 1. The summed E-state index contributed by atoms with van der Waals surface area (Å²) < 4.78 is 23.6. The number of hydrogen-bond donors (Lipinski definition) is 1. The van der Waals surface area contributed by atoms with Gasteiger partial charge in [-0.1, -0.05) is 12.2 Å². The first-order valence-corrected chi connectivity index (χ1v) is 5.20. The maximum atomic E-state index is 11.2. The number of aliphatic hydroxyl groups is 1. The predicted molar refractivity (Wildman–Crippen MR) is 48.3 cm³/mol. The molecule has 0 saturated carbocycles. The molecule has 0 spiro atoms. The molecule has 12 heavy (non-hydrogen) atoms. The Labute approximate surface area is 73.6 Å². The van der Waals surface area contributed by atoms with Crippen molar-refractivity contribution >= 4 is 10.0 Å². The summed E-state index contributed by atoms with van der Waals surface area (Å²) in [5.41, 5.74) is 0.777. The second-order valence-corrected chi connectivity index (χ2v) is 4.95. The standard InChI is InChI=1S/C7H15NO3S/c1-7(2)6-8(3)12(10,11)5-4-9/h9H,1,4-6H2,2-3H3. The molecule has 0 atom stereocenters. The molecule has 5 heteroatoms. The number of rotatable bonds is 5. The van der Waals surface area contributed by atoms with Crippen LogP contribution in [0.1, 0.15) is 6.92 Å². The Morgan fingerprint density at radius 2 is 2.08 bits per heavy atom. The van der Waals surface area contributed by atoms with Crippen LogP contribution in [0, 0.1) is 0 Å². The zero-order chi connectivity index (χ0) is 9.78. The van der Waals surface area contributed by atoms with Gasteiger partial charge in [-0.05, 0) is 6.92 Å². The molecule has 0 aromatic heterocycles. The Bertz CT molecular complexity index is 245. The average molecular weight is 193 g/mol. The summed E-state index contributed by atoms with van der Waals surface area (Å²) in [6.45, 7) is 5.32. The van der Waals surface area contributed by atoms with Crippen LogP contribution in [0.4, 0.5) is 0 Å². The van der Waals surface area contributed by atoms with Crippen molar-refractivity contribution in [2.75, 3.05) is 26.0 Å². The smallest absolute Gasteiger partial charge is 0.216 e. The minimum absolute atomic E-state index is 0.225. The fraction of sp³-hybridized carbons (Fsp3) is 0.714. The summed E-state index contributed by atoms with van der Waals surface area (Å²) in [4.78, 5) is 0. The zero-order valence-corrected chi connectivity index (χ0v) is 8.26. The molecule has 0 fully saturated rings. The predicted octanol–water partition coefficient (Wildman–Crippen LogP) is -0.184. The van der Waals surface area contributed by atoms with E-state index in [1.54, 1.807) is 6.92 Å². The Morgan fingerprint density at radius 1 is 1.58 bits per heavy atom. The molecule has 0 aromatic rings. The highest BCUT2D eigenvalue weighted by atomic mass is 32.2. The minimum atomic E-state index is -3.28. The van der Waals surface area contributed by atoms with E-state index in [0.717, 1.165) is 5.57 Å². The zero-order valence-electron chi connectivity index (χ0n) is 7.45. The third-order valence-electron chi connectivity index (χ3n) is 1.32. The Kier molecular flexibility index (Phi) is 4.44. The van der Waals surface area contributed by atoms with Gasteiger partial charge < -0.3 is 5.11 Å². The van der Waals surface area contributed by atoms with Gasteiger partial charge in [-0.2, -0.15) is 0 Å². The van der Waals surface area contributed by atoms with Crippen LogP contribution in [0.5, 0.6) is 0 Å². The van der Waals surface area contributed by atoms with Gasteiger partial charge in [0.15, 0.2) is 0 Å². The lowest BCUT2D eigenvalue weighted by atomic mass is 10.4. The molecule has 0 aliphatic rings. The molecule has 72 valence electrons. The fourth-order valence-corrected chi connectivity index (χ4v) is 1.71. The molecule has 0 radical (unpaired) electrons. The van der Waals surface area contributed by atoms with Crippen molar-refractivity contribution in [3.63, 3.8) is 0 Å². The highest BCUT2D eigenvalue weighted by Crippen LogP contribution is 2.00. The molecular weight excluding hydrogens is 178 g/mol. The van der Waals surface area contributed by atoms with Gasteiger partial charge in [0.25, 0.3) is 0 Å². The summed E-state index contributed by atoms with van der Waals surface area (Å²) in [5.74, 6) is -0.225. The van der Waals surface area contributed by atoms with Crippen molar-refractivity contribution in [1.82, 2.24) is 4.31 Å². The number of hydrogen-bond acceptors (Lipinski definition) is 3. The van der Waals surface area contributed by atoms with Gasteiger partial charge in [0.05, 0.1) is 12.4 Å². The largest absolute Gasteiger partial charge is 0.395 e. The van der Waals surface area contributed by atoms with Crippen molar-refractivity contribution in [2.45, 2.75) is 6.92 Å². The van der Waals surface area contributed by atoms with Crippen LogP contribution in [0.3, 0.4) is 0 Å². The van der Waals surface area contributed by atoms with Crippen molar-refractivity contribution in [3.05, 3.63) is 12.2 Å². The van der Waals surface area contributed by atoms with E-state index in [9.17, 15) is 8.42 Å². The average Bonchev–Trinajstić information content (AvgIpc) is 1.85. The Morgan fingerprint density at radius 3 is 2.42 bits per heavy atom. The van der Waals surface area contributed by atoms with Crippen molar-refractivity contribution in [2.24, 2.45) is 0 Å². The molecule has 0 aromatic carbocycles. The summed E-state index contributed by atoms with van der Waals surface area (Å²) >= 11 is 0. The van der Waals surface area contributed by atoms with Crippen LogP contribution in [-0.2, 0) is 10.0 Å². The van der Waals surface area contributed by atoms with Crippen LogP contribution in [0.25, 0.3) is 0 Å². The fourth-order valence-electron chi connectivity index (χ4n) is 0.750. The second-order valence-electron chi connectivity index (χ2n) is 2.75. The summed E-state index contributed by atoms with van der Waals surface area (Å²) in [6, 6.07) is 0. The van der Waals surface area contributed by atoms with E-state index in [0.29, 0.717) is 6.54 Å². The number of aliphatic hydroxyl groups excluding tert-OH is 1. The molecule has 0 aliphatic carbocycles. The molecule has 0 heterocycles. The molecule has 1 N–H and O–H groups in total. The van der Waals surface area contributed by atoms with Crippen LogP contribution >= 0.6 is 0 Å². The SMILES string of the molecule is C=C(C)CN(C)S(=O)(=O)CCO. The van der Waals surface area contributed by atoms with Gasteiger partial charge in [0.1, 0.15) is 0 Å². The molecule has 0 amide bonds. The molecule has 0 saturated heterocycles. The van der Waals surface area contributed by atoms with E-state index in [-0.39, 0.29) is 12.4 Å². The lowest BCUT2D eigenvalue weighted by molar-refractivity contribution is 0.316. The first-order valence-electron chi connectivity index (χ1n) is 3.59. The van der Waals surface area contributed by atoms with Crippen molar-refractivity contribution in [1.29, 1.82) is 0 Å². The van der Waals surface area contributed by atoms with Gasteiger partial charge in [-0.15, -0.1) is 0 Å². The second kappa shape index (κ2) is 4.59. The van der Waals surface area contributed by atoms with Gasteiger partial charge in [-0.25, -0.2) is 12.7 Å². The van der Waals surface area contributed by atoms with Gasteiger partial charge in [-0.3, -0.25) is 0 Å². The molecule has 4 nitrogen and oxygen atoms in total. The Hall–Kier alpha value is -0.390. The third kappa shape index (κ3) is 3.85. The highest BCUT2D eigenvalue weighted by molar-refractivity contribution is 7.89. The van der Waals surface area contributed by atoms with E-state index in [2.05, 4.69) is 6.58 Å². The normalized spacial score (nSPS) is 12.0. The van der Waals surface area contributed by atoms with E-state index < -0.39 is 10.0 Å². The van der Waals surface area contributed by atoms with Gasteiger partial charge in [0, 0.05) is 13.6 Å². The van der Waals surface area contributed by atoms with Crippen molar-refractivity contribution < 1.29 is 13.5 Å². The van der Waals surface area contributed by atoms with Crippen LogP contribution in [0.15, 0.2) is 12.2 Å². The molecule has 0 aliphatic heterocycles. The number of nitrogens with zero attached hydrogens (tertiary/aromatic N) is 1.